The molecule has 0 saturated carbocycles. The van der Waals surface area contributed by atoms with E-state index in [0.717, 1.165) is 49.9 Å². The maximum atomic E-state index is 5.47. The zero-order valence-electron chi connectivity index (χ0n) is 12.1. The number of hydrogen-bond acceptors (Lipinski definition) is 4. The number of hydrogen-bond donors (Lipinski definition) is 0. The molecule has 1 aromatic carbocycles. The fraction of sp³-hybridized carbons (Fsp3) is 0.533. The molecule has 1 radical (unpaired) electrons. The molecule has 0 amide bonds. The van der Waals surface area contributed by atoms with E-state index in [1.54, 1.807) is 14.2 Å². The van der Waals surface area contributed by atoms with Gasteiger partial charge in [0, 0.05) is 38.8 Å². The molecule has 1 aromatic rings. The predicted molar refractivity (Wildman–Crippen MR) is 78.2 cm³/mol. The Kier molecular flexibility index (Phi) is 4.91. The van der Waals surface area contributed by atoms with Crippen LogP contribution < -0.4 is 14.4 Å². The van der Waals surface area contributed by atoms with E-state index in [4.69, 9.17) is 9.47 Å². The van der Waals surface area contributed by atoms with Gasteiger partial charge in [-0.25, -0.2) is 0 Å². The van der Waals surface area contributed by atoms with Gasteiger partial charge in [0.25, 0.3) is 0 Å². The molecular formula is C15H23N2O2. The number of nitrogens with zero attached hydrogens (tertiary/aromatic N) is 2. The van der Waals surface area contributed by atoms with E-state index in [1.807, 2.05) is 12.1 Å². The van der Waals surface area contributed by atoms with Crippen molar-refractivity contribution >= 4 is 5.69 Å². The summed E-state index contributed by atoms with van der Waals surface area (Å²) in [6.45, 7) is 7.46. The first-order valence-corrected chi connectivity index (χ1v) is 6.75. The first-order chi connectivity index (χ1) is 9.28. The Morgan fingerprint density at radius 3 is 2.42 bits per heavy atom. The summed E-state index contributed by atoms with van der Waals surface area (Å²) >= 11 is 0. The quantitative estimate of drug-likeness (QED) is 0.812. The summed E-state index contributed by atoms with van der Waals surface area (Å²) < 4.78 is 10.7. The molecule has 2 rings (SSSR count). The van der Waals surface area contributed by atoms with Crippen LogP contribution in [0.4, 0.5) is 5.69 Å². The Morgan fingerprint density at radius 1 is 1.11 bits per heavy atom. The van der Waals surface area contributed by atoms with Gasteiger partial charge in [0.2, 0.25) is 0 Å². The Hall–Kier alpha value is -1.42. The maximum Gasteiger partial charge on any atom is 0.145 e. The summed E-state index contributed by atoms with van der Waals surface area (Å²) in [5.74, 6) is 1.72. The molecule has 0 spiro atoms. The fourth-order valence-corrected chi connectivity index (χ4v) is 2.48. The highest BCUT2D eigenvalue weighted by Gasteiger charge is 2.19. The molecule has 19 heavy (non-hydrogen) atoms. The SMILES string of the molecule is C[CH]CN1CCN(c2ccc(OC)cc2OC)CC1. The van der Waals surface area contributed by atoms with Crippen molar-refractivity contribution in [3.63, 3.8) is 0 Å². The fourth-order valence-electron chi connectivity index (χ4n) is 2.48. The van der Waals surface area contributed by atoms with Crippen LogP contribution in [-0.4, -0.2) is 51.8 Å². The Morgan fingerprint density at radius 2 is 1.84 bits per heavy atom. The molecule has 1 fully saturated rings. The molecule has 1 saturated heterocycles. The summed E-state index contributed by atoms with van der Waals surface area (Å²) in [4.78, 5) is 4.84. The van der Waals surface area contributed by atoms with E-state index in [-0.39, 0.29) is 0 Å². The van der Waals surface area contributed by atoms with Gasteiger partial charge < -0.3 is 14.4 Å². The van der Waals surface area contributed by atoms with E-state index < -0.39 is 0 Å². The van der Waals surface area contributed by atoms with Crippen molar-refractivity contribution < 1.29 is 9.47 Å². The second-order valence-corrected chi connectivity index (χ2v) is 4.73. The second kappa shape index (κ2) is 6.66. The number of methoxy groups -OCH3 is 2. The van der Waals surface area contributed by atoms with Gasteiger partial charge in [0.15, 0.2) is 0 Å². The molecule has 105 valence electrons. The monoisotopic (exact) mass is 263 g/mol. The van der Waals surface area contributed by atoms with Crippen LogP contribution in [0.25, 0.3) is 0 Å². The zero-order valence-corrected chi connectivity index (χ0v) is 12.1. The largest absolute Gasteiger partial charge is 0.497 e. The third-order valence-corrected chi connectivity index (χ3v) is 3.54. The van der Waals surface area contributed by atoms with Crippen LogP contribution in [0.3, 0.4) is 0 Å². The van der Waals surface area contributed by atoms with Crippen molar-refractivity contribution in [1.82, 2.24) is 4.90 Å². The van der Waals surface area contributed by atoms with Gasteiger partial charge >= 0.3 is 0 Å². The maximum absolute atomic E-state index is 5.47. The van der Waals surface area contributed by atoms with E-state index >= 15 is 0 Å². The van der Waals surface area contributed by atoms with E-state index in [9.17, 15) is 0 Å². The van der Waals surface area contributed by atoms with Gasteiger partial charge in [-0.3, -0.25) is 4.90 Å². The number of rotatable bonds is 5. The van der Waals surface area contributed by atoms with Crippen LogP contribution in [0.5, 0.6) is 11.5 Å². The highest BCUT2D eigenvalue weighted by molar-refractivity contribution is 5.61. The van der Waals surface area contributed by atoms with Gasteiger partial charge in [-0.2, -0.15) is 0 Å². The highest BCUT2D eigenvalue weighted by Crippen LogP contribution is 2.32. The van der Waals surface area contributed by atoms with E-state index in [1.165, 1.54) is 0 Å². The van der Waals surface area contributed by atoms with Gasteiger partial charge in [-0.1, -0.05) is 6.92 Å². The summed E-state index contributed by atoms with van der Waals surface area (Å²) in [6, 6.07) is 6.02. The van der Waals surface area contributed by atoms with Crippen LogP contribution in [0.2, 0.25) is 0 Å². The zero-order chi connectivity index (χ0) is 13.7. The van der Waals surface area contributed by atoms with Crippen LogP contribution in [-0.2, 0) is 0 Å². The van der Waals surface area contributed by atoms with Crippen molar-refractivity contribution in [3.05, 3.63) is 24.6 Å². The average molecular weight is 263 g/mol. The standard InChI is InChI=1S/C15H23N2O2/c1-4-7-16-8-10-17(11-9-16)14-6-5-13(18-2)12-15(14)19-3/h4-6,12H,7-11H2,1-3H3. The molecule has 0 unspecified atom stereocenters. The molecule has 1 heterocycles. The minimum absolute atomic E-state index is 0.833. The van der Waals surface area contributed by atoms with Crippen LogP contribution >= 0.6 is 0 Å². The van der Waals surface area contributed by atoms with Crippen molar-refractivity contribution in [3.8, 4) is 11.5 Å². The Balaban J connectivity index is 2.06. The van der Waals surface area contributed by atoms with Crippen LogP contribution in [0, 0.1) is 6.42 Å². The lowest BCUT2D eigenvalue weighted by atomic mass is 10.2. The van der Waals surface area contributed by atoms with Crippen molar-refractivity contribution in [2.45, 2.75) is 6.92 Å². The van der Waals surface area contributed by atoms with Gasteiger partial charge in [-0.15, -0.1) is 0 Å². The molecule has 1 aliphatic heterocycles. The second-order valence-electron chi connectivity index (χ2n) is 4.73. The van der Waals surface area contributed by atoms with Crippen molar-refractivity contribution in [2.24, 2.45) is 0 Å². The molecule has 1 aliphatic rings. The van der Waals surface area contributed by atoms with E-state index in [2.05, 4.69) is 29.2 Å². The minimum Gasteiger partial charge on any atom is -0.497 e. The first-order valence-electron chi connectivity index (χ1n) is 6.75. The molecule has 0 aromatic heterocycles. The van der Waals surface area contributed by atoms with Gasteiger partial charge in [0.1, 0.15) is 11.5 Å². The highest BCUT2D eigenvalue weighted by atomic mass is 16.5. The predicted octanol–water partition coefficient (Wildman–Crippen LogP) is 2.05. The lowest BCUT2D eigenvalue weighted by Crippen LogP contribution is -2.46. The van der Waals surface area contributed by atoms with Crippen molar-refractivity contribution in [2.75, 3.05) is 51.8 Å². The number of ether oxygens (including phenoxy) is 2. The summed E-state index contributed by atoms with van der Waals surface area (Å²) in [6.07, 6.45) is 2.21. The Labute approximate surface area is 115 Å². The molecule has 4 nitrogen and oxygen atoms in total. The molecule has 0 atom stereocenters. The number of anilines is 1. The van der Waals surface area contributed by atoms with Gasteiger partial charge in [0.05, 0.1) is 19.9 Å². The number of benzene rings is 1. The van der Waals surface area contributed by atoms with Crippen molar-refractivity contribution in [1.29, 1.82) is 0 Å². The smallest absolute Gasteiger partial charge is 0.145 e. The molecule has 4 heteroatoms. The normalized spacial score (nSPS) is 16.5. The summed E-state index contributed by atoms with van der Waals surface area (Å²) in [5.41, 5.74) is 1.16. The lowest BCUT2D eigenvalue weighted by Gasteiger charge is -2.36. The first kappa shape index (κ1) is 14.0. The minimum atomic E-state index is 0.833. The third-order valence-electron chi connectivity index (χ3n) is 3.54. The average Bonchev–Trinajstić information content (AvgIpc) is 2.48. The topological polar surface area (TPSA) is 24.9 Å². The summed E-state index contributed by atoms with van der Waals surface area (Å²) in [5, 5.41) is 0. The molecular weight excluding hydrogens is 240 g/mol. The molecule has 0 aliphatic carbocycles. The molecule has 0 N–H and O–H groups in total. The van der Waals surface area contributed by atoms with Gasteiger partial charge in [-0.05, 0) is 18.6 Å². The van der Waals surface area contributed by atoms with Crippen LogP contribution in [0.15, 0.2) is 18.2 Å². The van der Waals surface area contributed by atoms with E-state index in [0.29, 0.717) is 0 Å². The third kappa shape index (κ3) is 3.32. The lowest BCUT2D eigenvalue weighted by molar-refractivity contribution is 0.275. The Bertz CT molecular complexity index is 401. The number of piperazine rings is 1. The molecule has 0 bridgehead atoms. The van der Waals surface area contributed by atoms with Crippen LogP contribution in [0.1, 0.15) is 6.92 Å². The summed E-state index contributed by atoms with van der Waals surface area (Å²) in [7, 11) is 3.38.